The number of rotatable bonds is 5. The number of aliphatic hydroxyl groups is 1. The van der Waals surface area contributed by atoms with Crippen LogP contribution in [0.15, 0.2) is 17.2 Å². The molecule has 0 amide bonds. The normalized spacial score (nSPS) is 11.4. The van der Waals surface area contributed by atoms with E-state index in [-0.39, 0.29) is 17.7 Å². The molecule has 1 aromatic rings. The molecule has 0 saturated carbocycles. The summed E-state index contributed by atoms with van der Waals surface area (Å²) < 4.78 is 0. The van der Waals surface area contributed by atoms with Gasteiger partial charge in [0.05, 0.1) is 18.5 Å². The number of aromatic amines is 1. The van der Waals surface area contributed by atoms with Crippen LogP contribution in [-0.4, -0.2) is 27.2 Å². The summed E-state index contributed by atoms with van der Waals surface area (Å²) in [7, 11) is 0. The lowest BCUT2D eigenvalue weighted by Gasteiger charge is -2.31. The molecule has 1 rings (SSSR count). The number of nitrogens with one attached hydrogen (secondary N) is 2. The van der Waals surface area contributed by atoms with Gasteiger partial charge in [-0.2, -0.15) is 0 Å². The zero-order chi connectivity index (χ0) is 11.3. The average Bonchev–Trinajstić information content (AvgIpc) is 2.26. The van der Waals surface area contributed by atoms with Crippen LogP contribution in [0.2, 0.25) is 0 Å². The number of hydrogen-bond donors (Lipinski definition) is 3. The van der Waals surface area contributed by atoms with E-state index in [1.807, 2.05) is 13.8 Å². The summed E-state index contributed by atoms with van der Waals surface area (Å²) in [5.74, 6) is 0.497. The molecule has 0 aliphatic heterocycles. The van der Waals surface area contributed by atoms with Gasteiger partial charge in [-0.25, -0.2) is 4.98 Å². The Hall–Kier alpha value is -1.36. The zero-order valence-corrected chi connectivity index (χ0v) is 9.08. The van der Waals surface area contributed by atoms with E-state index in [0.29, 0.717) is 5.82 Å². The first-order valence-electron chi connectivity index (χ1n) is 5.09. The number of nitrogens with zero attached hydrogens (tertiary/aromatic N) is 1. The van der Waals surface area contributed by atoms with Crippen LogP contribution in [0.4, 0.5) is 5.82 Å². The van der Waals surface area contributed by atoms with Crippen molar-refractivity contribution in [3.63, 3.8) is 0 Å². The first-order chi connectivity index (χ1) is 7.15. The molecule has 84 valence electrons. The van der Waals surface area contributed by atoms with E-state index in [2.05, 4.69) is 15.3 Å². The quantitative estimate of drug-likeness (QED) is 0.671. The lowest BCUT2D eigenvalue weighted by atomic mass is 9.94. The van der Waals surface area contributed by atoms with Gasteiger partial charge in [0.1, 0.15) is 5.82 Å². The average molecular weight is 211 g/mol. The monoisotopic (exact) mass is 211 g/mol. The van der Waals surface area contributed by atoms with Crippen LogP contribution in [-0.2, 0) is 0 Å². The molecule has 0 aliphatic rings. The molecule has 0 atom stereocenters. The predicted molar refractivity (Wildman–Crippen MR) is 58.9 cm³/mol. The van der Waals surface area contributed by atoms with E-state index >= 15 is 0 Å². The summed E-state index contributed by atoms with van der Waals surface area (Å²) in [5.41, 5.74) is -0.590. The highest BCUT2D eigenvalue weighted by Gasteiger charge is 2.25. The number of aromatic nitrogens is 2. The summed E-state index contributed by atoms with van der Waals surface area (Å²) in [6.07, 6.45) is 2.89. The number of H-pyrrole nitrogens is 1. The molecule has 0 unspecified atom stereocenters. The van der Waals surface area contributed by atoms with Crippen molar-refractivity contribution < 1.29 is 5.11 Å². The molecule has 0 aromatic carbocycles. The Balaban J connectivity index is 2.87. The summed E-state index contributed by atoms with van der Waals surface area (Å²) in [6, 6.07) is 1.38. The second-order valence-electron chi connectivity index (χ2n) is 3.57. The van der Waals surface area contributed by atoms with Crippen molar-refractivity contribution in [1.82, 2.24) is 9.97 Å². The van der Waals surface area contributed by atoms with Gasteiger partial charge in [-0.15, -0.1) is 0 Å². The number of aliphatic hydroxyl groups excluding tert-OH is 1. The maximum atomic E-state index is 11.0. The largest absolute Gasteiger partial charge is 0.394 e. The Kier molecular flexibility index (Phi) is 3.85. The lowest BCUT2D eigenvalue weighted by molar-refractivity contribution is 0.202. The van der Waals surface area contributed by atoms with Crippen molar-refractivity contribution in [3.05, 3.63) is 22.7 Å². The third-order valence-electron chi connectivity index (χ3n) is 2.73. The highest BCUT2D eigenvalue weighted by molar-refractivity contribution is 5.35. The number of hydrogen-bond acceptors (Lipinski definition) is 4. The van der Waals surface area contributed by atoms with Gasteiger partial charge in [-0.05, 0) is 12.8 Å². The van der Waals surface area contributed by atoms with Crippen LogP contribution in [0.25, 0.3) is 0 Å². The summed E-state index contributed by atoms with van der Waals surface area (Å²) in [5, 5.41) is 12.4. The van der Waals surface area contributed by atoms with E-state index in [4.69, 9.17) is 0 Å². The molecule has 0 radical (unpaired) electrons. The fourth-order valence-electron chi connectivity index (χ4n) is 1.40. The van der Waals surface area contributed by atoms with Gasteiger partial charge in [-0.1, -0.05) is 13.8 Å². The van der Waals surface area contributed by atoms with Crippen molar-refractivity contribution >= 4 is 5.82 Å². The van der Waals surface area contributed by atoms with E-state index in [1.54, 1.807) is 0 Å². The minimum absolute atomic E-state index is 0.0223. The highest BCUT2D eigenvalue weighted by atomic mass is 16.3. The van der Waals surface area contributed by atoms with Gasteiger partial charge >= 0.3 is 0 Å². The molecule has 1 heterocycles. The van der Waals surface area contributed by atoms with Crippen molar-refractivity contribution in [2.24, 2.45) is 0 Å². The Bertz CT molecular complexity index is 349. The van der Waals surface area contributed by atoms with Crippen LogP contribution in [0.3, 0.4) is 0 Å². The fraction of sp³-hybridized carbons (Fsp3) is 0.600. The van der Waals surface area contributed by atoms with Gasteiger partial charge in [0.25, 0.3) is 5.56 Å². The highest BCUT2D eigenvalue weighted by Crippen LogP contribution is 2.19. The smallest absolute Gasteiger partial charge is 0.252 e. The standard InChI is InChI=1S/C10H17N3O2/c1-3-10(4-2,6-14)13-8-5-9(15)12-7-11-8/h5,7,14H,3-4,6H2,1-2H3,(H2,11,12,13,15). The minimum atomic E-state index is -0.388. The van der Waals surface area contributed by atoms with Crippen LogP contribution in [0.1, 0.15) is 26.7 Å². The zero-order valence-electron chi connectivity index (χ0n) is 9.08. The molecule has 1 aromatic heterocycles. The molecular formula is C10H17N3O2. The molecule has 5 heteroatoms. The van der Waals surface area contributed by atoms with Crippen LogP contribution < -0.4 is 10.9 Å². The Morgan fingerprint density at radius 3 is 2.67 bits per heavy atom. The van der Waals surface area contributed by atoms with Crippen molar-refractivity contribution in [2.75, 3.05) is 11.9 Å². The molecule has 0 aliphatic carbocycles. The molecule has 0 saturated heterocycles. The SMILES string of the molecule is CCC(CC)(CO)Nc1cc(=O)[nH]cn1. The van der Waals surface area contributed by atoms with E-state index in [0.717, 1.165) is 12.8 Å². The predicted octanol–water partition coefficient (Wildman–Crippen LogP) is 0.733. The van der Waals surface area contributed by atoms with Crippen molar-refractivity contribution in [3.8, 4) is 0 Å². The summed E-state index contributed by atoms with van der Waals surface area (Å²) in [6.45, 7) is 3.99. The van der Waals surface area contributed by atoms with Crippen LogP contribution in [0.5, 0.6) is 0 Å². The first kappa shape index (κ1) is 11.7. The maximum Gasteiger partial charge on any atom is 0.252 e. The Labute approximate surface area is 88.6 Å². The second-order valence-corrected chi connectivity index (χ2v) is 3.57. The molecule has 15 heavy (non-hydrogen) atoms. The Morgan fingerprint density at radius 1 is 1.53 bits per heavy atom. The van der Waals surface area contributed by atoms with E-state index in [9.17, 15) is 9.90 Å². The van der Waals surface area contributed by atoms with Gasteiger partial charge in [0, 0.05) is 6.07 Å². The molecule has 0 bridgehead atoms. The van der Waals surface area contributed by atoms with Gasteiger partial charge in [0.2, 0.25) is 0 Å². The van der Waals surface area contributed by atoms with Crippen molar-refractivity contribution in [1.29, 1.82) is 0 Å². The minimum Gasteiger partial charge on any atom is -0.394 e. The van der Waals surface area contributed by atoms with Crippen LogP contribution in [0, 0.1) is 0 Å². The topological polar surface area (TPSA) is 78.0 Å². The first-order valence-corrected chi connectivity index (χ1v) is 5.09. The number of anilines is 1. The summed E-state index contributed by atoms with van der Waals surface area (Å²) >= 11 is 0. The third kappa shape index (κ3) is 2.79. The van der Waals surface area contributed by atoms with Gasteiger partial charge < -0.3 is 15.4 Å². The third-order valence-corrected chi connectivity index (χ3v) is 2.73. The Morgan fingerprint density at radius 2 is 2.20 bits per heavy atom. The molecule has 5 nitrogen and oxygen atoms in total. The van der Waals surface area contributed by atoms with Gasteiger partial charge in [0.15, 0.2) is 0 Å². The van der Waals surface area contributed by atoms with Crippen LogP contribution >= 0.6 is 0 Å². The molecule has 0 spiro atoms. The lowest BCUT2D eigenvalue weighted by Crippen LogP contribution is -2.41. The summed E-state index contributed by atoms with van der Waals surface area (Å²) in [4.78, 5) is 17.5. The molecule has 3 N–H and O–H groups in total. The van der Waals surface area contributed by atoms with Crippen molar-refractivity contribution in [2.45, 2.75) is 32.2 Å². The maximum absolute atomic E-state index is 11.0. The fourth-order valence-corrected chi connectivity index (χ4v) is 1.40. The van der Waals surface area contributed by atoms with Gasteiger partial charge in [-0.3, -0.25) is 4.79 Å². The van der Waals surface area contributed by atoms with E-state index < -0.39 is 0 Å². The molecular weight excluding hydrogens is 194 g/mol. The van der Waals surface area contributed by atoms with E-state index in [1.165, 1.54) is 12.4 Å². The second kappa shape index (κ2) is 4.93. The molecule has 0 fully saturated rings.